The standard InChI is InChI=1S/C27H34ClN3O4S/c1-18-14-20(27(3,4)5)15-19(2)22(18)17-25-29-8-9-31(25)26(32)23-16-21(6-7-24(23)28)36(33,34)30-10-12-35-13-11-30/h6-7,14-16H,8-13,17H2,1-5H3. The zero-order valence-electron chi connectivity index (χ0n) is 21.6. The summed E-state index contributed by atoms with van der Waals surface area (Å²) in [5, 5.41) is 0.217. The molecule has 2 aromatic rings. The topological polar surface area (TPSA) is 79.3 Å². The number of ether oxygens (including phenoxy) is 1. The number of sulfonamides is 1. The van der Waals surface area contributed by atoms with Gasteiger partial charge < -0.3 is 4.74 Å². The van der Waals surface area contributed by atoms with E-state index in [2.05, 4.69) is 51.7 Å². The molecule has 2 heterocycles. The summed E-state index contributed by atoms with van der Waals surface area (Å²) in [6.07, 6.45) is 0.525. The second-order valence-corrected chi connectivity index (χ2v) is 12.8. The van der Waals surface area contributed by atoms with Crippen molar-refractivity contribution in [3.63, 3.8) is 0 Å². The molecule has 2 aliphatic heterocycles. The maximum Gasteiger partial charge on any atom is 0.260 e. The first-order chi connectivity index (χ1) is 16.9. The summed E-state index contributed by atoms with van der Waals surface area (Å²) in [6.45, 7) is 13.0. The average Bonchev–Trinajstić information content (AvgIpc) is 3.29. The van der Waals surface area contributed by atoms with Crippen molar-refractivity contribution >= 4 is 33.4 Å². The van der Waals surface area contributed by atoms with Crippen LogP contribution in [0.25, 0.3) is 0 Å². The minimum absolute atomic E-state index is 0.0459. The maximum atomic E-state index is 13.6. The van der Waals surface area contributed by atoms with Gasteiger partial charge in [0.2, 0.25) is 10.0 Å². The van der Waals surface area contributed by atoms with E-state index in [1.165, 1.54) is 39.2 Å². The number of amides is 1. The molecule has 9 heteroatoms. The van der Waals surface area contributed by atoms with Crippen LogP contribution in [-0.4, -0.2) is 68.8 Å². The van der Waals surface area contributed by atoms with Crippen molar-refractivity contribution in [1.29, 1.82) is 0 Å². The van der Waals surface area contributed by atoms with Crippen LogP contribution in [-0.2, 0) is 26.6 Å². The number of hydrogen-bond acceptors (Lipinski definition) is 5. The lowest BCUT2D eigenvalue weighted by atomic mass is 9.83. The Balaban J connectivity index is 1.60. The van der Waals surface area contributed by atoms with Crippen LogP contribution >= 0.6 is 11.6 Å². The quantitative estimate of drug-likeness (QED) is 0.574. The highest BCUT2D eigenvalue weighted by atomic mass is 35.5. The Labute approximate surface area is 219 Å². The molecule has 0 spiro atoms. The molecule has 0 bridgehead atoms. The number of amidine groups is 1. The molecule has 0 unspecified atom stereocenters. The second kappa shape index (κ2) is 10.2. The van der Waals surface area contributed by atoms with Crippen LogP contribution in [0, 0.1) is 13.8 Å². The Morgan fingerprint density at radius 3 is 2.31 bits per heavy atom. The van der Waals surface area contributed by atoms with Gasteiger partial charge in [-0.05, 0) is 59.7 Å². The summed E-state index contributed by atoms with van der Waals surface area (Å²) in [6, 6.07) is 8.74. The van der Waals surface area contributed by atoms with Crippen LogP contribution in [0.4, 0.5) is 0 Å². The molecule has 194 valence electrons. The highest BCUT2D eigenvalue weighted by Gasteiger charge is 2.31. The van der Waals surface area contributed by atoms with Gasteiger partial charge in [-0.25, -0.2) is 8.42 Å². The van der Waals surface area contributed by atoms with E-state index in [9.17, 15) is 13.2 Å². The number of rotatable bonds is 5. The lowest BCUT2D eigenvalue weighted by Gasteiger charge is -2.26. The fourth-order valence-electron chi connectivity index (χ4n) is 4.64. The predicted octanol–water partition coefficient (Wildman–Crippen LogP) is 4.37. The van der Waals surface area contributed by atoms with Gasteiger partial charge in [-0.15, -0.1) is 0 Å². The van der Waals surface area contributed by atoms with Crippen LogP contribution in [0.3, 0.4) is 0 Å². The van der Waals surface area contributed by atoms with Gasteiger partial charge in [0, 0.05) is 26.1 Å². The third-order valence-electron chi connectivity index (χ3n) is 6.85. The van der Waals surface area contributed by atoms with Gasteiger partial charge in [0.25, 0.3) is 5.91 Å². The molecule has 1 amide bonds. The molecule has 36 heavy (non-hydrogen) atoms. The molecule has 0 radical (unpaired) electrons. The molecule has 1 saturated heterocycles. The van der Waals surface area contributed by atoms with E-state index in [4.69, 9.17) is 16.3 Å². The van der Waals surface area contributed by atoms with E-state index < -0.39 is 10.0 Å². The third-order valence-corrected chi connectivity index (χ3v) is 9.07. The Bertz CT molecular complexity index is 1290. The van der Waals surface area contributed by atoms with Crippen molar-refractivity contribution in [2.45, 2.75) is 51.3 Å². The number of nitrogens with zero attached hydrogens (tertiary/aromatic N) is 3. The molecule has 0 aromatic heterocycles. The maximum absolute atomic E-state index is 13.6. The van der Waals surface area contributed by atoms with Crippen molar-refractivity contribution in [1.82, 2.24) is 9.21 Å². The zero-order valence-corrected chi connectivity index (χ0v) is 23.2. The number of carbonyl (C=O) groups is 1. The molecule has 0 atom stereocenters. The van der Waals surface area contributed by atoms with Gasteiger partial charge in [0.1, 0.15) is 5.84 Å². The lowest BCUT2D eigenvalue weighted by Crippen LogP contribution is -2.40. The molecule has 7 nitrogen and oxygen atoms in total. The lowest BCUT2D eigenvalue weighted by molar-refractivity contribution is 0.0730. The van der Waals surface area contributed by atoms with E-state index >= 15 is 0 Å². The number of halogens is 1. The minimum atomic E-state index is -3.75. The normalized spacial score (nSPS) is 17.4. The first-order valence-corrected chi connectivity index (χ1v) is 14.0. The number of benzene rings is 2. The Kier molecular flexibility index (Phi) is 7.62. The van der Waals surface area contributed by atoms with Crippen LogP contribution < -0.4 is 0 Å². The first kappa shape index (κ1) is 26.8. The van der Waals surface area contributed by atoms with Crippen LogP contribution in [0.5, 0.6) is 0 Å². The summed E-state index contributed by atoms with van der Waals surface area (Å²) in [4.78, 5) is 19.9. The van der Waals surface area contributed by atoms with E-state index in [1.807, 2.05) is 0 Å². The van der Waals surface area contributed by atoms with Gasteiger partial charge in [-0.2, -0.15) is 4.31 Å². The Hall–Kier alpha value is -2.26. The second-order valence-electron chi connectivity index (χ2n) is 10.4. The SMILES string of the molecule is Cc1cc(C(C)(C)C)cc(C)c1CC1=NCCN1C(=O)c1cc(S(=O)(=O)N2CCOCC2)ccc1Cl. The number of aliphatic imine (C=N–C) groups is 1. The van der Waals surface area contributed by atoms with Crippen LogP contribution in [0.15, 0.2) is 40.2 Å². The van der Waals surface area contributed by atoms with Gasteiger partial charge in [0.05, 0.1) is 35.2 Å². The van der Waals surface area contributed by atoms with Gasteiger partial charge in [-0.1, -0.05) is 44.5 Å². The van der Waals surface area contributed by atoms with E-state index in [0.717, 1.165) is 5.56 Å². The third kappa shape index (κ3) is 5.37. The molecule has 0 saturated carbocycles. The number of carbonyl (C=O) groups excluding carboxylic acids is 1. The summed E-state index contributed by atoms with van der Waals surface area (Å²) in [5.41, 5.74) is 4.96. The Morgan fingerprint density at radius 2 is 1.69 bits per heavy atom. The number of aryl methyl sites for hydroxylation is 2. The fourth-order valence-corrected chi connectivity index (χ4v) is 6.27. The van der Waals surface area contributed by atoms with Crippen molar-refractivity contribution in [2.24, 2.45) is 4.99 Å². The number of morpholine rings is 1. The first-order valence-electron chi connectivity index (χ1n) is 12.2. The molecular formula is C27H34ClN3O4S. The highest BCUT2D eigenvalue weighted by molar-refractivity contribution is 7.89. The molecule has 1 fully saturated rings. The fraction of sp³-hybridized carbons (Fsp3) is 0.481. The highest BCUT2D eigenvalue weighted by Crippen LogP contribution is 2.29. The van der Waals surface area contributed by atoms with Crippen molar-refractivity contribution in [2.75, 3.05) is 39.4 Å². The summed E-state index contributed by atoms with van der Waals surface area (Å²) < 4.78 is 33.0. The van der Waals surface area contributed by atoms with E-state index in [0.29, 0.717) is 38.6 Å². The molecule has 0 N–H and O–H groups in total. The van der Waals surface area contributed by atoms with E-state index in [-0.39, 0.29) is 39.9 Å². The molecule has 0 aliphatic carbocycles. The van der Waals surface area contributed by atoms with Gasteiger partial charge >= 0.3 is 0 Å². The van der Waals surface area contributed by atoms with Gasteiger partial charge in [0.15, 0.2) is 0 Å². The minimum Gasteiger partial charge on any atom is -0.379 e. The van der Waals surface area contributed by atoms with Crippen LogP contribution in [0.2, 0.25) is 5.02 Å². The van der Waals surface area contributed by atoms with Crippen LogP contribution in [0.1, 0.15) is 53.4 Å². The predicted molar refractivity (Wildman–Crippen MR) is 143 cm³/mol. The summed E-state index contributed by atoms with van der Waals surface area (Å²) in [5.74, 6) is 0.337. The molecule has 2 aliphatic rings. The summed E-state index contributed by atoms with van der Waals surface area (Å²) >= 11 is 6.41. The molecule has 2 aromatic carbocycles. The summed E-state index contributed by atoms with van der Waals surface area (Å²) in [7, 11) is -3.75. The van der Waals surface area contributed by atoms with Gasteiger partial charge in [-0.3, -0.25) is 14.7 Å². The van der Waals surface area contributed by atoms with Crippen molar-refractivity contribution in [3.05, 3.63) is 63.2 Å². The van der Waals surface area contributed by atoms with E-state index in [1.54, 1.807) is 4.90 Å². The molecular weight excluding hydrogens is 498 g/mol. The monoisotopic (exact) mass is 531 g/mol. The van der Waals surface area contributed by atoms with Crippen molar-refractivity contribution < 1.29 is 17.9 Å². The molecule has 4 rings (SSSR count). The number of hydrogen-bond donors (Lipinski definition) is 0. The smallest absolute Gasteiger partial charge is 0.260 e. The van der Waals surface area contributed by atoms with Crippen molar-refractivity contribution in [3.8, 4) is 0 Å². The average molecular weight is 532 g/mol. The Morgan fingerprint density at radius 1 is 1.06 bits per heavy atom. The largest absolute Gasteiger partial charge is 0.379 e. The zero-order chi connectivity index (χ0) is 26.3.